The van der Waals surface area contributed by atoms with E-state index in [0.717, 1.165) is 54.5 Å². The van der Waals surface area contributed by atoms with Crippen molar-refractivity contribution < 1.29 is 0 Å². The molecule has 1 N–H and O–H groups in total. The van der Waals surface area contributed by atoms with Crippen molar-refractivity contribution in [1.29, 1.82) is 0 Å². The molecule has 1 aromatic heterocycles. The average Bonchev–Trinajstić information content (AvgIpc) is 2.46. The summed E-state index contributed by atoms with van der Waals surface area (Å²) in [4.78, 5) is 7.13. The van der Waals surface area contributed by atoms with E-state index in [-0.39, 0.29) is 0 Å². The third-order valence-electron chi connectivity index (χ3n) is 4.25. The first-order chi connectivity index (χ1) is 9.61. The number of aromatic nitrogens is 1. The predicted octanol–water partition coefficient (Wildman–Crippen LogP) is 3.72. The van der Waals surface area contributed by atoms with E-state index in [0.29, 0.717) is 0 Å². The second kappa shape index (κ2) is 7.28. The number of hydrogen-bond acceptors (Lipinski definition) is 3. The van der Waals surface area contributed by atoms with Gasteiger partial charge in [-0.05, 0) is 43.4 Å². The first-order valence-electron chi connectivity index (χ1n) is 7.73. The fourth-order valence-electron chi connectivity index (χ4n) is 2.81. The first kappa shape index (κ1) is 15.6. The van der Waals surface area contributed by atoms with E-state index >= 15 is 0 Å². The van der Waals surface area contributed by atoms with Gasteiger partial charge in [0.2, 0.25) is 0 Å². The maximum Gasteiger partial charge on any atom is 0.128 e. The average molecular weight is 296 g/mol. The first-order valence-corrected chi connectivity index (χ1v) is 8.10. The molecule has 1 aliphatic heterocycles. The van der Waals surface area contributed by atoms with E-state index in [2.05, 4.69) is 31.0 Å². The van der Waals surface area contributed by atoms with E-state index in [9.17, 15) is 0 Å². The van der Waals surface area contributed by atoms with Crippen LogP contribution in [-0.2, 0) is 6.54 Å². The monoisotopic (exact) mass is 295 g/mol. The molecule has 1 aliphatic rings. The van der Waals surface area contributed by atoms with E-state index in [1.807, 2.05) is 12.1 Å². The van der Waals surface area contributed by atoms with Crippen molar-refractivity contribution in [2.75, 3.05) is 24.5 Å². The number of rotatable bonds is 5. The molecular formula is C16H26ClN3. The maximum atomic E-state index is 6.21. The Morgan fingerprint density at radius 3 is 2.65 bits per heavy atom. The number of nitrogens with one attached hydrogen (secondary N) is 1. The molecular weight excluding hydrogens is 270 g/mol. The highest BCUT2D eigenvalue weighted by atomic mass is 35.5. The van der Waals surface area contributed by atoms with Gasteiger partial charge in [0.15, 0.2) is 0 Å². The van der Waals surface area contributed by atoms with Gasteiger partial charge in [-0.2, -0.15) is 0 Å². The summed E-state index contributed by atoms with van der Waals surface area (Å²) in [6.45, 7) is 10.6. The van der Waals surface area contributed by atoms with Crippen molar-refractivity contribution in [3.05, 3.63) is 22.8 Å². The summed E-state index contributed by atoms with van der Waals surface area (Å²) < 4.78 is 0. The topological polar surface area (TPSA) is 28.2 Å². The number of anilines is 1. The minimum absolute atomic E-state index is 0.742. The molecule has 0 amide bonds. The van der Waals surface area contributed by atoms with Crippen molar-refractivity contribution in [3.63, 3.8) is 0 Å². The van der Waals surface area contributed by atoms with Gasteiger partial charge in [0.05, 0.1) is 10.7 Å². The molecule has 0 saturated carbocycles. The molecule has 2 rings (SSSR count). The van der Waals surface area contributed by atoms with Gasteiger partial charge in [0, 0.05) is 19.6 Å². The van der Waals surface area contributed by atoms with E-state index < -0.39 is 0 Å². The summed E-state index contributed by atoms with van der Waals surface area (Å²) in [5, 5.41) is 4.05. The van der Waals surface area contributed by atoms with Gasteiger partial charge >= 0.3 is 0 Å². The third-order valence-corrected chi connectivity index (χ3v) is 4.60. The standard InChI is InChI=1S/C16H26ClN3/c1-4-18-11-15-14(17)5-6-16(19-15)20-9-7-13(8-10-20)12(2)3/h5-6,12-13,18H,4,7-11H2,1-3H3. The van der Waals surface area contributed by atoms with Crippen LogP contribution in [0.4, 0.5) is 5.82 Å². The summed E-state index contributed by atoms with van der Waals surface area (Å²) in [6.07, 6.45) is 2.54. The van der Waals surface area contributed by atoms with E-state index in [1.165, 1.54) is 12.8 Å². The second-order valence-corrected chi connectivity index (χ2v) is 6.35. The highest BCUT2D eigenvalue weighted by Gasteiger charge is 2.22. The minimum atomic E-state index is 0.742. The van der Waals surface area contributed by atoms with Gasteiger partial charge in [-0.3, -0.25) is 0 Å². The third kappa shape index (κ3) is 3.86. The molecule has 1 aromatic rings. The highest BCUT2D eigenvalue weighted by molar-refractivity contribution is 6.31. The van der Waals surface area contributed by atoms with E-state index in [1.54, 1.807) is 0 Å². The van der Waals surface area contributed by atoms with Crippen LogP contribution in [0, 0.1) is 11.8 Å². The molecule has 0 aromatic carbocycles. The summed E-state index contributed by atoms with van der Waals surface area (Å²) in [6, 6.07) is 4.03. The minimum Gasteiger partial charge on any atom is -0.357 e. The van der Waals surface area contributed by atoms with Crippen molar-refractivity contribution in [3.8, 4) is 0 Å². The molecule has 1 fully saturated rings. The molecule has 112 valence electrons. The number of halogens is 1. The molecule has 4 heteroatoms. The largest absolute Gasteiger partial charge is 0.357 e. The lowest BCUT2D eigenvalue weighted by atomic mass is 9.87. The molecule has 0 atom stereocenters. The molecule has 0 spiro atoms. The lowest BCUT2D eigenvalue weighted by Gasteiger charge is -2.34. The molecule has 20 heavy (non-hydrogen) atoms. The Labute approximate surface area is 127 Å². The second-order valence-electron chi connectivity index (χ2n) is 5.95. The van der Waals surface area contributed by atoms with Gasteiger partial charge in [-0.1, -0.05) is 32.4 Å². The van der Waals surface area contributed by atoms with Crippen LogP contribution in [0.3, 0.4) is 0 Å². The smallest absolute Gasteiger partial charge is 0.128 e. The zero-order chi connectivity index (χ0) is 14.5. The number of piperidine rings is 1. The summed E-state index contributed by atoms with van der Waals surface area (Å²) in [5.74, 6) is 2.73. The molecule has 1 saturated heterocycles. The fourth-order valence-corrected chi connectivity index (χ4v) is 2.98. The zero-order valence-electron chi connectivity index (χ0n) is 12.8. The predicted molar refractivity (Wildman–Crippen MR) is 86.4 cm³/mol. The van der Waals surface area contributed by atoms with Crippen LogP contribution in [0.25, 0.3) is 0 Å². The normalized spacial score (nSPS) is 16.9. The number of hydrogen-bond donors (Lipinski definition) is 1. The Kier molecular flexibility index (Phi) is 5.67. The van der Waals surface area contributed by atoms with Crippen LogP contribution in [0.15, 0.2) is 12.1 Å². The number of pyridine rings is 1. The van der Waals surface area contributed by atoms with Crippen molar-refractivity contribution in [2.45, 2.75) is 40.2 Å². The van der Waals surface area contributed by atoms with Crippen LogP contribution in [0.5, 0.6) is 0 Å². The Morgan fingerprint density at radius 2 is 2.05 bits per heavy atom. The van der Waals surface area contributed by atoms with E-state index in [4.69, 9.17) is 16.6 Å². The van der Waals surface area contributed by atoms with Crippen LogP contribution in [0.2, 0.25) is 5.02 Å². The van der Waals surface area contributed by atoms with Crippen molar-refractivity contribution in [2.24, 2.45) is 11.8 Å². The summed E-state index contributed by atoms with van der Waals surface area (Å²) in [7, 11) is 0. The Morgan fingerprint density at radius 1 is 1.35 bits per heavy atom. The Bertz CT molecular complexity index is 426. The lowest BCUT2D eigenvalue weighted by Crippen LogP contribution is -2.35. The lowest BCUT2D eigenvalue weighted by molar-refractivity contribution is 0.310. The van der Waals surface area contributed by atoms with Gasteiger partial charge in [0.25, 0.3) is 0 Å². The molecule has 3 nitrogen and oxygen atoms in total. The van der Waals surface area contributed by atoms with Crippen LogP contribution in [0.1, 0.15) is 39.3 Å². The quantitative estimate of drug-likeness (QED) is 0.897. The molecule has 0 bridgehead atoms. The number of nitrogens with zero attached hydrogens (tertiary/aromatic N) is 2. The molecule has 0 radical (unpaired) electrons. The van der Waals surface area contributed by atoms with Gasteiger partial charge in [0.1, 0.15) is 5.82 Å². The highest BCUT2D eigenvalue weighted by Crippen LogP contribution is 2.28. The molecule has 0 unspecified atom stereocenters. The molecule has 2 heterocycles. The van der Waals surface area contributed by atoms with Crippen LogP contribution < -0.4 is 10.2 Å². The Hall–Kier alpha value is -0.800. The van der Waals surface area contributed by atoms with Gasteiger partial charge < -0.3 is 10.2 Å². The fraction of sp³-hybridized carbons (Fsp3) is 0.688. The summed E-state index contributed by atoms with van der Waals surface area (Å²) >= 11 is 6.21. The Balaban J connectivity index is 2.02. The maximum absolute atomic E-state index is 6.21. The van der Waals surface area contributed by atoms with Crippen LogP contribution >= 0.6 is 11.6 Å². The van der Waals surface area contributed by atoms with Crippen molar-refractivity contribution >= 4 is 17.4 Å². The molecule has 0 aliphatic carbocycles. The van der Waals surface area contributed by atoms with Crippen LogP contribution in [-0.4, -0.2) is 24.6 Å². The van der Waals surface area contributed by atoms with Crippen molar-refractivity contribution in [1.82, 2.24) is 10.3 Å². The zero-order valence-corrected chi connectivity index (χ0v) is 13.6. The van der Waals surface area contributed by atoms with Gasteiger partial charge in [-0.25, -0.2) is 4.98 Å². The summed E-state index contributed by atoms with van der Waals surface area (Å²) in [5.41, 5.74) is 0.956. The SMILES string of the molecule is CCNCc1nc(N2CCC(C(C)C)CC2)ccc1Cl. The van der Waals surface area contributed by atoms with Gasteiger partial charge in [-0.15, -0.1) is 0 Å².